The number of halogens is 4. The van der Waals surface area contributed by atoms with E-state index in [0.29, 0.717) is 11.3 Å². The molecule has 0 aliphatic rings. The number of pyridine rings is 1. The topological polar surface area (TPSA) is 25.2 Å². The molecule has 0 amide bonds. The monoisotopic (exact) mass is 236 g/mol. The van der Waals surface area contributed by atoms with Gasteiger partial charge in [0.2, 0.25) is 5.17 Å². The second kappa shape index (κ2) is 4.18. The molecule has 0 radical (unpaired) electrons. The minimum atomic E-state index is -4.63. The van der Waals surface area contributed by atoms with Crippen molar-refractivity contribution < 1.29 is 13.2 Å². The predicted octanol–water partition coefficient (Wildman–Crippen LogP) is 3.53. The Morgan fingerprint density at radius 2 is 1.93 bits per heavy atom. The van der Waals surface area contributed by atoms with Crippen molar-refractivity contribution in [3.63, 3.8) is 0 Å². The molecule has 0 aromatic carbocycles. The third-order valence-electron chi connectivity index (χ3n) is 1.65. The predicted molar refractivity (Wildman–Crippen MR) is 52.7 cm³/mol. The minimum Gasteiger partial charge on any atom is -0.234 e. The van der Waals surface area contributed by atoms with E-state index in [2.05, 4.69) is 9.98 Å². The number of aromatic nitrogens is 1. The van der Waals surface area contributed by atoms with Crippen molar-refractivity contribution in [1.82, 2.24) is 4.98 Å². The Kier molecular flexibility index (Phi) is 3.34. The number of aryl methyl sites for hydroxylation is 2. The summed E-state index contributed by atoms with van der Waals surface area (Å²) in [5, 5.41) is -1.41. The lowest BCUT2D eigenvalue weighted by Gasteiger charge is -2.04. The van der Waals surface area contributed by atoms with Crippen LogP contribution >= 0.6 is 11.6 Å². The summed E-state index contributed by atoms with van der Waals surface area (Å²) in [7, 11) is 0. The van der Waals surface area contributed by atoms with Crippen LogP contribution in [0.25, 0.3) is 0 Å². The van der Waals surface area contributed by atoms with Gasteiger partial charge in [-0.1, -0.05) is 17.7 Å². The van der Waals surface area contributed by atoms with E-state index in [-0.39, 0.29) is 5.82 Å². The molecule has 0 fully saturated rings. The van der Waals surface area contributed by atoms with E-state index in [4.69, 9.17) is 11.6 Å². The maximum Gasteiger partial charge on any atom is 0.444 e. The Balaban J connectivity index is 3.13. The lowest BCUT2D eigenvalue weighted by molar-refractivity contribution is -0.0558. The van der Waals surface area contributed by atoms with E-state index in [1.807, 2.05) is 0 Å². The van der Waals surface area contributed by atoms with Gasteiger partial charge in [-0.2, -0.15) is 13.2 Å². The van der Waals surface area contributed by atoms with E-state index in [0.717, 1.165) is 0 Å². The van der Waals surface area contributed by atoms with Crippen molar-refractivity contribution in [1.29, 1.82) is 0 Å². The van der Waals surface area contributed by atoms with E-state index >= 15 is 0 Å². The van der Waals surface area contributed by atoms with Crippen LogP contribution in [0, 0.1) is 13.8 Å². The standard InChI is InChI=1S/C9H8ClF3N2/c1-5-3-4-6(2)14-7(5)15-8(10)9(11,12)13/h3-4H,1-2H3. The Bertz CT molecular complexity index is 399. The zero-order valence-electron chi connectivity index (χ0n) is 8.06. The van der Waals surface area contributed by atoms with Crippen LogP contribution < -0.4 is 0 Å². The summed E-state index contributed by atoms with van der Waals surface area (Å²) >= 11 is 5.00. The first-order chi connectivity index (χ1) is 6.80. The largest absolute Gasteiger partial charge is 0.444 e. The molecule has 2 nitrogen and oxygen atoms in total. The molecule has 0 spiro atoms. The van der Waals surface area contributed by atoms with Gasteiger partial charge in [-0.25, -0.2) is 9.98 Å². The molecule has 0 atom stereocenters. The number of nitrogens with zero attached hydrogens (tertiary/aromatic N) is 2. The van der Waals surface area contributed by atoms with Gasteiger partial charge in [-0.3, -0.25) is 0 Å². The molecule has 1 rings (SSSR count). The summed E-state index contributed by atoms with van der Waals surface area (Å²) in [6.45, 7) is 3.28. The van der Waals surface area contributed by atoms with Crippen LogP contribution in [0.4, 0.5) is 19.0 Å². The van der Waals surface area contributed by atoms with Crippen LogP contribution in [0.1, 0.15) is 11.3 Å². The minimum absolute atomic E-state index is 0.00248. The fraction of sp³-hybridized carbons (Fsp3) is 0.333. The van der Waals surface area contributed by atoms with Crippen LogP contribution in [0.2, 0.25) is 0 Å². The smallest absolute Gasteiger partial charge is 0.234 e. The fourth-order valence-electron chi connectivity index (χ4n) is 0.882. The van der Waals surface area contributed by atoms with Crippen LogP contribution in [0.15, 0.2) is 17.1 Å². The zero-order valence-corrected chi connectivity index (χ0v) is 8.82. The molecular formula is C9H8ClF3N2. The fourth-order valence-corrected chi connectivity index (χ4v) is 0.962. The van der Waals surface area contributed by atoms with E-state index in [1.54, 1.807) is 26.0 Å². The van der Waals surface area contributed by atoms with Crippen molar-refractivity contribution >= 4 is 22.6 Å². The van der Waals surface area contributed by atoms with Gasteiger partial charge >= 0.3 is 6.18 Å². The molecule has 15 heavy (non-hydrogen) atoms. The van der Waals surface area contributed by atoms with Crippen molar-refractivity contribution in [3.8, 4) is 0 Å². The summed E-state index contributed by atoms with van der Waals surface area (Å²) in [6.07, 6.45) is -4.63. The number of aliphatic imine (C=N–C) groups is 1. The third-order valence-corrected chi connectivity index (χ3v) is 1.95. The molecule has 0 aliphatic carbocycles. The molecule has 0 aliphatic heterocycles. The summed E-state index contributed by atoms with van der Waals surface area (Å²) in [5.74, 6) is -0.00248. The van der Waals surface area contributed by atoms with Gasteiger partial charge in [-0.05, 0) is 25.5 Å². The van der Waals surface area contributed by atoms with Crippen molar-refractivity contribution in [2.75, 3.05) is 0 Å². The van der Waals surface area contributed by atoms with Gasteiger partial charge in [0.25, 0.3) is 0 Å². The van der Waals surface area contributed by atoms with Gasteiger partial charge in [0.1, 0.15) is 0 Å². The molecule has 82 valence electrons. The number of rotatable bonds is 1. The quantitative estimate of drug-likeness (QED) is 0.685. The zero-order chi connectivity index (χ0) is 11.6. The van der Waals surface area contributed by atoms with Crippen LogP contribution in [0.5, 0.6) is 0 Å². The first kappa shape index (κ1) is 12.0. The van der Waals surface area contributed by atoms with Crippen molar-refractivity contribution in [3.05, 3.63) is 23.4 Å². The highest BCUT2D eigenvalue weighted by Crippen LogP contribution is 2.24. The molecular weight excluding hydrogens is 229 g/mol. The first-order valence-electron chi connectivity index (χ1n) is 4.06. The van der Waals surface area contributed by atoms with E-state index < -0.39 is 11.3 Å². The van der Waals surface area contributed by atoms with Crippen LogP contribution in [0.3, 0.4) is 0 Å². The van der Waals surface area contributed by atoms with E-state index in [9.17, 15) is 13.2 Å². The summed E-state index contributed by atoms with van der Waals surface area (Å²) in [4.78, 5) is 7.09. The highest BCUT2D eigenvalue weighted by Gasteiger charge is 2.34. The number of alkyl halides is 3. The molecule has 6 heteroatoms. The maximum atomic E-state index is 12.1. The van der Waals surface area contributed by atoms with Gasteiger partial charge in [0.05, 0.1) is 0 Å². The molecule has 0 saturated carbocycles. The summed E-state index contributed by atoms with van der Waals surface area (Å²) < 4.78 is 36.2. The molecule has 0 saturated heterocycles. The molecule has 1 aromatic rings. The molecule has 0 bridgehead atoms. The molecule has 1 aromatic heterocycles. The second-order valence-electron chi connectivity index (χ2n) is 2.99. The maximum absolute atomic E-state index is 12.1. The average molecular weight is 237 g/mol. The Morgan fingerprint density at radius 1 is 1.33 bits per heavy atom. The Hall–Kier alpha value is -1.10. The molecule has 0 unspecified atom stereocenters. The van der Waals surface area contributed by atoms with Crippen LogP contribution in [-0.2, 0) is 0 Å². The van der Waals surface area contributed by atoms with Gasteiger partial charge in [0, 0.05) is 5.69 Å². The second-order valence-corrected chi connectivity index (χ2v) is 3.35. The summed E-state index contributed by atoms with van der Waals surface area (Å²) in [5.41, 5.74) is 1.13. The molecule has 0 N–H and O–H groups in total. The van der Waals surface area contributed by atoms with Crippen molar-refractivity contribution in [2.45, 2.75) is 20.0 Å². The number of hydrogen-bond donors (Lipinski definition) is 0. The van der Waals surface area contributed by atoms with Gasteiger partial charge in [-0.15, -0.1) is 0 Å². The van der Waals surface area contributed by atoms with E-state index in [1.165, 1.54) is 0 Å². The third kappa shape index (κ3) is 3.20. The van der Waals surface area contributed by atoms with Gasteiger partial charge in [0.15, 0.2) is 5.82 Å². The number of hydrogen-bond acceptors (Lipinski definition) is 2. The first-order valence-corrected chi connectivity index (χ1v) is 4.44. The molecule has 1 heterocycles. The average Bonchev–Trinajstić information content (AvgIpc) is 2.09. The normalized spacial score (nSPS) is 13.1. The highest BCUT2D eigenvalue weighted by molar-refractivity contribution is 6.67. The van der Waals surface area contributed by atoms with Crippen LogP contribution in [-0.4, -0.2) is 16.3 Å². The summed E-state index contributed by atoms with van der Waals surface area (Å²) in [6, 6.07) is 3.33. The lowest BCUT2D eigenvalue weighted by Crippen LogP contribution is -2.16. The van der Waals surface area contributed by atoms with Crippen molar-refractivity contribution in [2.24, 2.45) is 4.99 Å². The SMILES string of the molecule is Cc1ccc(C)c(N=C(Cl)C(F)(F)F)n1. The Labute approximate surface area is 89.8 Å². The lowest BCUT2D eigenvalue weighted by atomic mass is 10.2. The highest BCUT2D eigenvalue weighted by atomic mass is 35.5. The van der Waals surface area contributed by atoms with Gasteiger partial charge < -0.3 is 0 Å². The Morgan fingerprint density at radius 3 is 2.47 bits per heavy atom.